The Balaban J connectivity index is 1.89. The number of carbonyl (C=O) groups is 1. The van der Waals surface area contributed by atoms with E-state index in [4.69, 9.17) is 4.74 Å². The van der Waals surface area contributed by atoms with Crippen molar-refractivity contribution in [3.63, 3.8) is 0 Å². The van der Waals surface area contributed by atoms with Crippen molar-refractivity contribution >= 4 is 15.6 Å². The van der Waals surface area contributed by atoms with Gasteiger partial charge in [-0.2, -0.15) is 17.5 Å². The van der Waals surface area contributed by atoms with Gasteiger partial charge in [0.25, 0.3) is 5.91 Å². The molecule has 2 unspecified atom stereocenters. The van der Waals surface area contributed by atoms with Gasteiger partial charge in [-0.15, -0.1) is 0 Å². The van der Waals surface area contributed by atoms with Crippen LogP contribution in [0.15, 0.2) is 22.6 Å². The lowest BCUT2D eigenvalue weighted by atomic mass is 9.94. The summed E-state index contributed by atoms with van der Waals surface area (Å²) in [6.45, 7) is 0.861. The SMILES string of the molecule is COc1cc(C(=O)N=S2(=O)CCCC3(CCCN3)C2)ccc1C(F)(F)F. The number of alkyl halides is 3. The molecule has 0 bridgehead atoms. The van der Waals surface area contributed by atoms with Crippen molar-refractivity contribution in [1.29, 1.82) is 0 Å². The molecule has 1 aromatic carbocycles. The highest BCUT2D eigenvalue weighted by atomic mass is 32.2. The maximum Gasteiger partial charge on any atom is 0.419 e. The Bertz CT molecular complexity index is 823. The molecule has 144 valence electrons. The van der Waals surface area contributed by atoms with Gasteiger partial charge in [0.1, 0.15) is 5.75 Å². The van der Waals surface area contributed by atoms with Crippen molar-refractivity contribution in [3.05, 3.63) is 29.3 Å². The highest BCUT2D eigenvalue weighted by molar-refractivity contribution is 7.94. The largest absolute Gasteiger partial charge is 0.496 e. The molecule has 0 aromatic heterocycles. The predicted molar refractivity (Wildman–Crippen MR) is 91.8 cm³/mol. The van der Waals surface area contributed by atoms with Crippen LogP contribution in [0.4, 0.5) is 13.2 Å². The Morgan fingerprint density at radius 2 is 2.04 bits per heavy atom. The van der Waals surface area contributed by atoms with Gasteiger partial charge in [0.05, 0.1) is 28.2 Å². The number of carbonyl (C=O) groups excluding carboxylic acids is 1. The van der Waals surface area contributed by atoms with Crippen LogP contribution < -0.4 is 10.1 Å². The Hall–Kier alpha value is -1.61. The van der Waals surface area contributed by atoms with Crippen LogP contribution in [0.2, 0.25) is 0 Å². The van der Waals surface area contributed by atoms with E-state index in [9.17, 15) is 22.2 Å². The first-order valence-corrected chi connectivity index (χ1v) is 10.3. The molecule has 2 heterocycles. The third-order valence-electron chi connectivity index (χ3n) is 4.96. The van der Waals surface area contributed by atoms with Crippen LogP contribution in [-0.2, 0) is 15.9 Å². The number of rotatable bonds is 2. The van der Waals surface area contributed by atoms with E-state index in [1.165, 1.54) is 0 Å². The average molecular weight is 390 g/mol. The van der Waals surface area contributed by atoms with Crippen LogP contribution in [0.5, 0.6) is 5.75 Å². The highest BCUT2D eigenvalue weighted by Gasteiger charge is 2.40. The van der Waals surface area contributed by atoms with Gasteiger partial charge in [-0.05, 0) is 50.4 Å². The van der Waals surface area contributed by atoms with E-state index in [-0.39, 0.29) is 11.1 Å². The summed E-state index contributed by atoms with van der Waals surface area (Å²) < 4.78 is 60.6. The van der Waals surface area contributed by atoms with E-state index >= 15 is 0 Å². The van der Waals surface area contributed by atoms with Crippen molar-refractivity contribution in [3.8, 4) is 5.75 Å². The van der Waals surface area contributed by atoms with Crippen LogP contribution in [0.1, 0.15) is 41.6 Å². The second-order valence-corrected chi connectivity index (χ2v) is 9.27. The summed E-state index contributed by atoms with van der Waals surface area (Å²) in [5.74, 6) is -0.577. The fourth-order valence-corrected chi connectivity index (χ4v) is 6.32. The summed E-state index contributed by atoms with van der Waals surface area (Å²) >= 11 is 0. The normalized spacial score (nSPS) is 28.9. The van der Waals surface area contributed by atoms with E-state index in [1.807, 2.05) is 0 Å². The van der Waals surface area contributed by atoms with Crippen LogP contribution in [-0.4, -0.2) is 40.8 Å². The van der Waals surface area contributed by atoms with E-state index in [0.717, 1.165) is 51.1 Å². The zero-order valence-electron chi connectivity index (χ0n) is 14.4. The molecular weight excluding hydrogens is 369 g/mol. The first-order valence-electron chi connectivity index (χ1n) is 8.44. The number of methoxy groups -OCH3 is 1. The van der Waals surface area contributed by atoms with Crippen molar-refractivity contribution in [2.75, 3.05) is 25.2 Å². The molecule has 0 radical (unpaired) electrons. The van der Waals surface area contributed by atoms with Crippen LogP contribution >= 0.6 is 0 Å². The second kappa shape index (κ2) is 6.84. The van der Waals surface area contributed by atoms with Gasteiger partial charge in [0.15, 0.2) is 0 Å². The summed E-state index contributed by atoms with van der Waals surface area (Å²) in [6.07, 6.45) is -1.07. The fourth-order valence-electron chi connectivity index (χ4n) is 3.76. The summed E-state index contributed by atoms with van der Waals surface area (Å²) in [5.41, 5.74) is -1.25. The maximum atomic E-state index is 13.1. The minimum atomic E-state index is -4.58. The monoisotopic (exact) mass is 390 g/mol. The molecular formula is C17H21F3N2O3S. The van der Waals surface area contributed by atoms with Crippen LogP contribution in [0.25, 0.3) is 0 Å². The molecule has 0 saturated carbocycles. The van der Waals surface area contributed by atoms with E-state index < -0.39 is 33.1 Å². The Kier molecular flexibility index (Phi) is 5.04. The lowest BCUT2D eigenvalue weighted by Crippen LogP contribution is -2.49. The molecule has 1 aromatic rings. The lowest BCUT2D eigenvalue weighted by Gasteiger charge is -2.35. The maximum absolute atomic E-state index is 13.1. The number of hydrogen-bond donors (Lipinski definition) is 1. The minimum absolute atomic E-state index is 0.0587. The average Bonchev–Trinajstić information content (AvgIpc) is 3.00. The van der Waals surface area contributed by atoms with Gasteiger partial charge in [0.2, 0.25) is 0 Å². The Labute approximate surface area is 150 Å². The quantitative estimate of drug-likeness (QED) is 0.842. The Morgan fingerprint density at radius 1 is 1.31 bits per heavy atom. The van der Waals surface area contributed by atoms with Gasteiger partial charge in [-0.3, -0.25) is 4.79 Å². The van der Waals surface area contributed by atoms with Crippen molar-refractivity contribution in [2.24, 2.45) is 4.36 Å². The zero-order chi connectivity index (χ0) is 19.0. The lowest BCUT2D eigenvalue weighted by molar-refractivity contribution is -0.138. The van der Waals surface area contributed by atoms with Crippen LogP contribution in [0, 0.1) is 0 Å². The molecule has 9 heteroatoms. The Morgan fingerprint density at radius 3 is 2.65 bits per heavy atom. The van der Waals surface area contributed by atoms with Gasteiger partial charge < -0.3 is 10.1 Å². The molecule has 2 saturated heterocycles. The van der Waals surface area contributed by atoms with E-state index in [2.05, 4.69) is 9.68 Å². The summed E-state index contributed by atoms with van der Waals surface area (Å²) in [4.78, 5) is 12.4. The first-order chi connectivity index (χ1) is 12.2. The van der Waals surface area contributed by atoms with Gasteiger partial charge in [-0.25, -0.2) is 4.21 Å². The highest BCUT2D eigenvalue weighted by Crippen LogP contribution is 2.37. The number of amides is 1. The zero-order valence-corrected chi connectivity index (χ0v) is 15.2. The number of ether oxygens (including phenoxy) is 1. The molecule has 3 rings (SSSR count). The molecule has 2 atom stereocenters. The molecule has 1 N–H and O–H groups in total. The smallest absolute Gasteiger partial charge is 0.419 e. The third kappa shape index (κ3) is 3.88. The fraction of sp³-hybridized carbons (Fsp3) is 0.588. The van der Waals surface area contributed by atoms with Gasteiger partial charge >= 0.3 is 6.18 Å². The van der Waals surface area contributed by atoms with Crippen LogP contribution in [0.3, 0.4) is 0 Å². The van der Waals surface area contributed by atoms with E-state index in [0.29, 0.717) is 17.9 Å². The molecule has 0 aliphatic carbocycles. The third-order valence-corrected chi connectivity index (χ3v) is 7.38. The standard InChI is InChI=1S/C17H21F3N2O3S/c1-25-14-10-12(4-5-13(14)17(18,19)20)15(23)22-26(24)9-3-7-16(11-26)6-2-8-21-16/h4-5,10,21H,2-3,6-9,11H2,1H3. The number of benzene rings is 1. The number of halogens is 3. The number of nitrogens with one attached hydrogen (secondary N) is 1. The summed E-state index contributed by atoms with van der Waals surface area (Å²) in [6, 6.07) is 2.84. The summed E-state index contributed by atoms with van der Waals surface area (Å²) in [7, 11) is -1.63. The molecule has 5 nitrogen and oxygen atoms in total. The van der Waals surface area contributed by atoms with Gasteiger partial charge in [0, 0.05) is 16.9 Å². The molecule has 1 spiro atoms. The number of hydrogen-bond acceptors (Lipinski definition) is 4. The molecule has 26 heavy (non-hydrogen) atoms. The first kappa shape index (κ1) is 19.2. The van der Waals surface area contributed by atoms with E-state index in [1.54, 1.807) is 0 Å². The van der Waals surface area contributed by atoms with Crippen molar-refractivity contribution in [1.82, 2.24) is 5.32 Å². The molecule has 2 aliphatic heterocycles. The van der Waals surface area contributed by atoms with Gasteiger partial charge in [-0.1, -0.05) is 0 Å². The molecule has 1 amide bonds. The number of nitrogens with zero attached hydrogens (tertiary/aromatic N) is 1. The summed E-state index contributed by atoms with van der Waals surface area (Å²) in [5, 5.41) is 3.39. The second-order valence-electron chi connectivity index (χ2n) is 6.84. The predicted octanol–water partition coefficient (Wildman–Crippen LogP) is 3.24. The van der Waals surface area contributed by atoms with Crippen molar-refractivity contribution < 1.29 is 26.9 Å². The van der Waals surface area contributed by atoms with Crippen molar-refractivity contribution in [2.45, 2.75) is 37.4 Å². The molecule has 2 fully saturated rings. The minimum Gasteiger partial charge on any atom is -0.496 e. The molecule has 2 aliphatic rings. The topological polar surface area (TPSA) is 67.8 Å².